The fraction of sp³-hybridized carbons (Fsp3) is 0.297. The van der Waals surface area contributed by atoms with Gasteiger partial charge >= 0.3 is 5.97 Å². The van der Waals surface area contributed by atoms with Gasteiger partial charge < -0.3 is 20.5 Å². The Kier molecular flexibility index (Phi) is 9.94. The van der Waals surface area contributed by atoms with E-state index in [9.17, 15) is 15.0 Å². The molecule has 238 valence electrons. The summed E-state index contributed by atoms with van der Waals surface area (Å²) in [5, 5.41) is 24.8. The van der Waals surface area contributed by atoms with Crippen molar-refractivity contribution in [1.29, 1.82) is 0 Å². The summed E-state index contributed by atoms with van der Waals surface area (Å²) in [5.41, 5.74) is 9.83. The Hall–Kier alpha value is -4.86. The Morgan fingerprint density at radius 2 is 1.59 bits per heavy atom. The number of pyridine rings is 1. The van der Waals surface area contributed by atoms with Gasteiger partial charge in [-0.3, -0.25) is 14.7 Å². The molecule has 5 aromatic rings. The van der Waals surface area contributed by atoms with Crippen molar-refractivity contribution in [1.82, 2.24) is 20.0 Å². The van der Waals surface area contributed by atoms with Crippen LogP contribution in [0.5, 0.6) is 5.75 Å². The third-order valence-corrected chi connectivity index (χ3v) is 7.91. The lowest BCUT2D eigenvalue weighted by molar-refractivity contribution is -0.152. The summed E-state index contributed by atoms with van der Waals surface area (Å²) in [4.78, 5) is 23.2. The van der Waals surface area contributed by atoms with Gasteiger partial charge in [-0.25, -0.2) is 0 Å². The molecule has 1 saturated heterocycles. The predicted octanol–water partition coefficient (Wildman–Crippen LogP) is 6.82. The second-order valence-corrected chi connectivity index (χ2v) is 13.0. The highest BCUT2D eigenvalue weighted by Crippen LogP contribution is 2.36. The monoisotopic (exact) mass is 619 g/mol. The van der Waals surface area contributed by atoms with Crippen LogP contribution in [-0.2, 0) is 17.8 Å². The van der Waals surface area contributed by atoms with Gasteiger partial charge in [0.15, 0.2) is 0 Å². The molecule has 4 N–H and O–H groups in total. The van der Waals surface area contributed by atoms with Gasteiger partial charge in [0.1, 0.15) is 5.75 Å². The van der Waals surface area contributed by atoms with Crippen LogP contribution >= 0.6 is 0 Å². The predicted molar refractivity (Wildman–Crippen MR) is 179 cm³/mol. The van der Waals surface area contributed by atoms with Crippen molar-refractivity contribution >= 4 is 5.97 Å². The molecule has 2 aromatic heterocycles. The summed E-state index contributed by atoms with van der Waals surface area (Å²) in [6.45, 7) is 8.08. The maximum Gasteiger partial charge on any atom is 0.310 e. The standard InChI is InChI=1S/C33H30N4O4.C4H11N/c38-29-19-27(12-13-28(29)25-6-2-1-3-7-25)31-35-30(36-41-31)26-10-8-23(9-11-26)22-37-17-14-33(15-18-37,32(39)40)20-24-5-4-16-34-21-24;1-4(2,3)5/h1-13,16,19,21,38H,14-15,17-18,20,22H2,(H,39,40);5H2,1-3H3. The van der Waals surface area contributed by atoms with Crippen molar-refractivity contribution in [2.45, 2.75) is 52.1 Å². The van der Waals surface area contributed by atoms with E-state index < -0.39 is 11.4 Å². The normalized spacial score (nSPS) is 14.7. The molecular weight excluding hydrogens is 578 g/mol. The molecule has 0 atom stereocenters. The number of benzene rings is 3. The zero-order valence-electron chi connectivity index (χ0n) is 26.6. The Labute approximate surface area is 269 Å². The van der Waals surface area contributed by atoms with E-state index in [1.54, 1.807) is 18.5 Å². The first-order valence-electron chi connectivity index (χ1n) is 15.4. The lowest BCUT2D eigenvalue weighted by atomic mass is 9.74. The van der Waals surface area contributed by atoms with E-state index in [2.05, 4.69) is 20.0 Å². The van der Waals surface area contributed by atoms with Gasteiger partial charge in [0.25, 0.3) is 5.89 Å². The summed E-state index contributed by atoms with van der Waals surface area (Å²) >= 11 is 0. The Balaban J connectivity index is 0.000000775. The second-order valence-electron chi connectivity index (χ2n) is 13.0. The Morgan fingerprint density at radius 1 is 0.913 bits per heavy atom. The maximum atomic E-state index is 12.2. The number of nitrogens with two attached hydrogens (primary N) is 1. The van der Waals surface area contributed by atoms with Crippen molar-refractivity contribution in [2.24, 2.45) is 11.1 Å². The number of hydrogen-bond donors (Lipinski definition) is 3. The number of phenolic OH excluding ortho intramolecular Hbond substituents is 1. The van der Waals surface area contributed by atoms with Gasteiger partial charge in [-0.1, -0.05) is 65.8 Å². The Morgan fingerprint density at radius 3 is 2.20 bits per heavy atom. The van der Waals surface area contributed by atoms with Crippen molar-refractivity contribution in [2.75, 3.05) is 13.1 Å². The van der Waals surface area contributed by atoms with Crippen LogP contribution in [-0.4, -0.2) is 54.8 Å². The van der Waals surface area contributed by atoms with E-state index in [0.29, 0.717) is 36.5 Å². The molecule has 0 saturated carbocycles. The third-order valence-electron chi connectivity index (χ3n) is 7.91. The average Bonchev–Trinajstić information content (AvgIpc) is 3.53. The molecule has 46 heavy (non-hydrogen) atoms. The van der Waals surface area contributed by atoms with Gasteiger partial charge in [0, 0.05) is 41.2 Å². The van der Waals surface area contributed by atoms with Crippen molar-refractivity contribution in [3.05, 3.63) is 108 Å². The van der Waals surface area contributed by atoms with Crippen molar-refractivity contribution < 1.29 is 19.5 Å². The van der Waals surface area contributed by atoms with E-state index in [0.717, 1.165) is 47.5 Å². The fourth-order valence-corrected chi connectivity index (χ4v) is 5.50. The lowest BCUT2D eigenvalue weighted by Crippen LogP contribution is -2.45. The maximum absolute atomic E-state index is 12.2. The molecule has 0 spiro atoms. The number of aromatic hydroxyl groups is 1. The molecule has 0 radical (unpaired) electrons. The first-order valence-corrected chi connectivity index (χ1v) is 15.4. The minimum absolute atomic E-state index is 0. The molecule has 0 bridgehead atoms. The molecule has 3 aromatic carbocycles. The minimum Gasteiger partial charge on any atom is -0.507 e. The van der Waals surface area contributed by atoms with E-state index in [1.165, 1.54) is 0 Å². The fourth-order valence-electron chi connectivity index (χ4n) is 5.50. The van der Waals surface area contributed by atoms with Crippen LogP contribution in [0.15, 0.2) is 102 Å². The smallest absolute Gasteiger partial charge is 0.310 e. The van der Waals surface area contributed by atoms with Crippen LogP contribution in [0.1, 0.15) is 44.7 Å². The number of aliphatic carboxylic acids is 1. The van der Waals surface area contributed by atoms with Gasteiger partial charge in [-0.05, 0) is 94.1 Å². The highest BCUT2D eigenvalue weighted by molar-refractivity contribution is 5.75. The van der Waals surface area contributed by atoms with E-state index >= 15 is 0 Å². The summed E-state index contributed by atoms with van der Waals surface area (Å²) < 4.78 is 5.51. The van der Waals surface area contributed by atoms with E-state index in [1.807, 2.05) is 99.6 Å². The van der Waals surface area contributed by atoms with Crippen LogP contribution in [0.25, 0.3) is 34.0 Å². The largest absolute Gasteiger partial charge is 0.507 e. The van der Waals surface area contributed by atoms with Crippen LogP contribution in [0.3, 0.4) is 0 Å². The van der Waals surface area contributed by atoms with Gasteiger partial charge in [0.2, 0.25) is 5.82 Å². The molecule has 1 aliphatic rings. The number of carboxylic acids is 1. The summed E-state index contributed by atoms with van der Waals surface area (Å²) in [5.74, 6) is 0.221. The third kappa shape index (κ3) is 8.44. The summed E-state index contributed by atoms with van der Waals surface area (Å²) in [7, 11) is 0. The zero-order valence-corrected chi connectivity index (χ0v) is 26.6. The number of rotatable bonds is 8. The lowest BCUT2D eigenvalue weighted by Gasteiger charge is -2.39. The first-order chi connectivity index (χ1) is 22.0. The van der Waals surface area contributed by atoms with Crippen molar-refractivity contribution in [3.63, 3.8) is 0 Å². The number of nitrogens with zero attached hydrogens (tertiary/aromatic N) is 4. The molecule has 1 fully saturated rings. The number of piperidine rings is 1. The van der Waals surface area contributed by atoms with Crippen LogP contribution < -0.4 is 5.73 Å². The molecule has 1 aliphatic heterocycles. The number of aromatic nitrogens is 3. The van der Waals surface area contributed by atoms with E-state index in [4.69, 9.17) is 10.3 Å². The molecule has 6 rings (SSSR count). The molecule has 9 heteroatoms. The Bertz CT molecular complexity index is 1720. The number of likely N-dealkylation sites (tertiary alicyclic amines) is 1. The number of hydrogen-bond acceptors (Lipinski definition) is 8. The zero-order chi connectivity index (χ0) is 32.7. The number of carbonyl (C=O) groups is 1. The number of phenols is 1. The quantitative estimate of drug-likeness (QED) is 0.171. The summed E-state index contributed by atoms with van der Waals surface area (Å²) in [6, 6.07) is 26.8. The van der Waals surface area contributed by atoms with Gasteiger partial charge in [-0.15, -0.1) is 0 Å². The van der Waals surface area contributed by atoms with Gasteiger partial charge in [-0.2, -0.15) is 4.98 Å². The molecule has 0 unspecified atom stereocenters. The molecule has 9 nitrogen and oxygen atoms in total. The highest BCUT2D eigenvalue weighted by Gasteiger charge is 2.41. The topological polar surface area (TPSA) is 139 Å². The first kappa shape index (κ1) is 32.5. The molecular formula is C37H41N5O4. The molecule has 3 heterocycles. The minimum atomic E-state index is -0.752. The molecule has 0 amide bonds. The number of carboxylic acid groups (broad SMARTS) is 1. The van der Waals surface area contributed by atoms with E-state index in [-0.39, 0.29) is 11.3 Å². The SMILES string of the molecule is CC(C)(C)N.O=C(O)C1(Cc2cccnc2)CCN(Cc2ccc(-c3noc(-c4ccc(-c5ccccc5)c(O)c4)n3)cc2)CC1. The van der Waals surface area contributed by atoms with Crippen LogP contribution in [0.4, 0.5) is 0 Å². The van der Waals surface area contributed by atoms with Crippen LogP contribution in [0, 0.1) is 5.41 Å². The average molecular weight is 620 g/mol. The molecule has 0 aliphatic carbocycles. The second kappa shape index (κ2) is 14.1. The highest BCUT2D eigenvalue weighted by atomic mass is 16.5. The summed E-state index contributed by atoms with van der Waals surface area (Å²) in [6.07, 6.45) is 5.17. The van der Waals surface area contributed by atoms with Crippen LogP contribution in [0.2, 0.25) is 0 Å². The van der Waals surface area contributed by atoms with Crippen molar-refractivity contribution in [3.8, 4) is 39.7 Å². The van der Waals surface area contributed by atoms with Gasteiger partial charge in [0.05, 0.1) is 5.41 Å².